The Morgan fingerprint density at radius 2 is 1.21 bits per heavy atom. The molecule has 526 valence electrons. The number of carbonyl (C=O) groups excluding carboxylic acids is 2. The predicted molar refractivity (Wildman–Crippen MR) is 322 cm³/mol. The number of anilines is 3. The third-order valence-corrected chi connectivity index (χ3v) is 15.9. The average molecular weight is 1520 g/mol. The van der Waals surface area contributed by atoms with Crippen LogP contribution in [0.25, 0.3) is 5.69 Å². The standard InChI is InChI=1S/C14H10F4N4O7S.C14H17N5O7S2.C11H10Cl2F2N4O3S.C3H8NO5P.C3H9S/c15-11(16)28-8-5-9(29-12(17)18)20-13(19-8)21-14(25)22-30(26,27)7-4-2-1-3-6(7)10(23)24;1-4-27(21,22)9-6-5-7-15-12(9)28(23,24)19-14(20)18-13-16-10(25-2)8-11(17-13)26-3;1-5-16-19(11(20)18(5)10(14)15)9-4-8(17-23(2,21)22)6(12)3-7(9)13;5-3(6)1-4-2-10(7,8)9;1-4(2)3/h1-5,11-12H,(H,23,24)(H2,19,20,21,22,25);5-8H,4H2,1-3H3,(H2,16,17,18,19,20);3-4,10,17H,1-2H3;4H,1-2H2,(H,5,6)(H2,7,8,9);1-3H3/q;;;;+1/p-1. The number of aromatic carboxylic acids is 1. The molecule has 0 spiro atoms. The second-order valence-corrected chi connectivity index (χ2v) is 29.5. The van der Waals surface area contributed by atoms with Crippen LogP contribution in [0.2, 0.25) is 10.0 Å². The number of alkyl halides is 6. The Balaban J connectivity index is 0.000000442. The maximum atomic E-state index is 12.8. The highest BCUT2D eigenvalue weighted by atomic mass is 35.5. The fraction of sp³-hybridized carbons (Fsp3) is 0.311. The SMILES string of the molecule is CCS(=O)(=O)c1cccnc1S(=O)(=O)NC(=O)Nc1nc(OC)cc(OC)n1.C[S+](C)C.Cc1nn(-c2cc(NS(C)(=O)=O)c(Cl)cc2Cl)c(=O)n1C(F)F.O=C(Nc1nc(OC(F)F)cc(OC(F)F)n1)NS(=O)(=O)c1ccccc1C(=O)O.O=C(O)CNCP(=O)([O-])O. The fourth-order valence-corrected chi connectivity index (χ4v) is 11.2. The van der Waals surface area contributed by atoms with Gasteiger partial charge in [-0.05, 0) is 54.2 Å². The molecule has 4 amide bonds. The number of amides is 4. The number of carboxylic acids is 2. The lowest BCUT2D eigenvalue weighted by atomic mass is 10.2. The van der Waals surface area contributed by atoms with E-state index in [1.54, 1.807) is 10.0 Å². The van der Waals surface area contributed by atoms with Crippen LogP contribution in [-0.4, -0.2) is 183 Å². The molecule has 1 unspecified atom stereocenters. The molecule has 50 heteroatoms. The van der Waals surface area contributed by atoms with E-state index in [9.17, 15) is 93.4 Å². The van der Waals surface area contributed by atoms with Crippen molar-refractivity contribution in [2.24, 2.45) is 0 Å². The molecular formula is C45H53Cl2F6N14O22PS5. The lowest BCUT2D eigenvalue weighted by molar-refractivity contribution is -0.193. The van der Waals surface area contributed by atoms with Crippen molar-refractivity contribution >= 4 is 123 Å². The van der Waals surface area contributed by atoms with Gasteiger partial charge in [-0.2, -0.15) is 59.4 Å². The second kappa shape index (κ2) is 36.5. The van der Waals surface area contributed by atoms with E-state index >= 15 is 0 Å². The summed E-state index contributed by atoms with van der Waals surface area (Å²) < 4.78 is 205. The first-order valence-electron chi connectivity index (χ1n) is 24.6. The summed E-state index contributed by atoms with van der Waals surface area (Å²) in [6, 6.07) is 8.01. The second-order valence-electron chi connectivity index (χ2n) is 17.4. The summed E-state index contributed by atoms with van der Waals surface area (Å²) in [6.45, 7) is -7.79. The first-order chi connectivity index (χ1) is 43.8. The highest BCUT2D eigenvalue weighted by Crippen LogP contribution is 2.32. The van der Waals surface area contributed by atoms with Gasteiger partial charge < -0.3 is 43.5 Å². The molecule has 95 heavy (non-hydrogen) atoms. The maximum absolute atomic E-state index is 12.8. The number of nitrogens with zero attached hydrogens (tertiary/aromatic N) is 8. The zero-order chi connectivity index (χ0) is 72.7. The summed E-state index contributed by atoms with van der Waals surface area (Å²) in [5, 5.41) is 25.6. The summed E-state index contributed by atoms with van der Waals surface area (Å²) in [4.78, 5) is 91.5. The van der Waals surface area contributed by atoms with Gasteiger partial charge in [0.1, 0.15) is 23.2 Å². The van der Waals surface area contributed by atoms with E-state index in [0.29, 0.717) is 21.6 Å². The van der Waals surface area contributed by atoms with E-state index in [2.05, 4.69) is 68.3 Å². The molecule has 4 aromatic heterocycles. The van der Waals surface area contributed by atoms with Crippen LogP contribution in [0.15, 0.2) is 86.5 Å². The van der Waals surface area contributed by atoms with Gasteiger partial charge in [-0.25, -0.2) is 63.4 Å². The number of carboxylic acid groups (broad SMARTS) is 2. The molecule has 0 fully saturated rings. The predicted octanol–water partition coefficient (Wildman–Crippen LogP) is 3.15. The molecule has 0 saturated heterocycles. The number of nitrogens with one attached hydrogen (secondary N) is 6. The van der Waals surface area contributed by atoms with Gasteiger partial charge in [0.15, 0.2) is 14.9 Å². The maximum Gasteiger partial charge on any atom is 0.388 e. The number of halogens is 8. The van der Waals surface area contributed by atoms with Crippen LogP contribution in [-0.2, 0) is 60.2 Å². The molecule has 1 atom stereocenters. The third-order valence-electron chi connectivity index (χ3n) is 9.54. The van der Waals surface area contributed by atoms with E-state index in [1.807, 2.05) is 5.32 Å². The number of sulfonamides is 3. The van der Waals surface area contributed by atoms with Crippen LogP contribution >= 0.6 is 30.8 Å². The molecule has 4 heterocycles. The highest BCUT2D eigenvalue weighted by molar-refractivity contribution is 7.95. The van der Waals surface area contributed by atoms with Crippen LogP contribution in [0.5, 0.6) is 23.5 Å². The Bertz CT molecular complexity index is 4230. The van der Waals surface area contributed by atoms with Gasteiger partial charge in [-0.1, -0.05) is 42.3 Å². The normalized spacial score (nSPS) is 11.9. The molecule has 6 aromatic rings. The lowest BCUT2D eigenvalue weighted by Crippen LogP contribution is -2.36. The number of aliphatic carboxylic acids is 1. The molecule has 0 aliphatic rings. The number of methoxy groups -OCH3 is 2. The van der Waals surface area contributed by atoms with Crippen molar-refractivity contribution in [3.05, 3.63) is 98.8 Å². The molecule has 36 nitrogen and oxygen atoms in total. The quantitative estimate of drug-likeness (QED) is 0.0253. The van der Waals surface area contributed by atoms with Crippen molar-refractivity contribution in [2.45, 2.75) is 48.4 Å². The molecule has 9 N–H and O–H groups in total. The summed E-state index contributed by atoms with van der Waals surface area (Å²) in [5.41, 5.74) is -1.92. The van der Waals surface area contributed by atoms with Gasteiger partial charge in [0.05, 0.1) is 96.9 Å². The van der Waals surface area contributed by atoms with Crippen molar-refractivity contribution in [1.82, 2.24) is 54.0 Å². The van der Waals surface area contributed by atoms with Crippen LogP contribution < -0.4 is 59.6 Å². The monoisotopic (exact) mass is 1520 g/mol. The molecule has 0 aliphatic heterocycles. The molecule has 0 aliphatic carbocycles. The number of sulfone groups is 1. The van der Waals surface area contributed by atoms with E-state index in [0.717, 1.165) is 36.7 Å². The lowest BCUT2D eigenvalue weighted by Gasteiger charge is -2.14. The van der Waals surface area contributed by atoms with E-state index in [4.69, 9.17) is 47.8 Å². The van der Waals surface area contributed by atoms with Gasteiger partial charge in [0.2, 0.25) is 45.4 Å². The number of hydrogen-bond acceptors (Lipinski definition) is 26. The Hall–Kier alpha value is -8.41. The molecule has 2 aromatic carbocycles. The average Bonchev–Trinajstić information content (AvgIpc) is 1.78. The van der Waals surface area contributed by atoms with Crippen molar-refractivity contribution in [1.29, 1.82) is 0 Å². The van der Waals surface area contributed by atoms with E-state index in [1.165, 1.54) is 63.1 Å². The van der Waals surface area contributed by atoms with Crippen LogP contribution in [0.4, 0.5) is 53.5 Å². The number of ether oxygens (including phenoxy) is 4. The third kappa shape index (κ3) is 28.6. The summed E-state index contributed by atoms with van der Waals surface area (Å²) in [5.74, 6) is -6.38. The van der Waals surface area contributed by atoms with Crippen molar-refractivity contribution in [3.63, 3.8) is 0 Å². The number of pyridine rings is 1. The Morgan fingerprint density at radius 1 is 0.737 bits per heavy atom. The number of benzene rings is 2. The molecular weight excluding hydrogens is 1460 g/mol. The van der Waals surface area contributed by atoms with Gasteiger partial charge in [0.25, 0.3) is 20.0 Å². The number of hydrogen-bond donors (Lipinski definition) is 9. The Kier molecular flexibility index (Phi) is 31.7. The van der Waals surface area contributed by atoms with Crippen LogP contribution in [0.3, 0.4) is 0 Å². The summed E-state index contributed by atoms with van der Waals surface area (Å²) in [7, 11) is -17.9. The number of aryl methyl sites for hydroxylation is 1. The van der Waals surface area contributed by atoms with Crippen LogP contribution in [0.1, 0.15) is 29.7 Å². The minimum Gasteiger partial charge on any atom is -0.778 e. The topological polar surface area (TPSA) is 519 Å². The van der Waals surface area contributed by atoms with Crippen molar-refractivity contribution in [2.75, 3.05) is 73.2 Å². The van der Waals surface area contributed by atoms with Crippen molar-refractivity contribution in [3.8, 4) is 29.2 Å². The molecule has 6 rings (SSSR count). The Morgan fingerprint density at radius 3 is 1.64 bits per heavy atom. The first kappa shape index (κ1) is 82.7. The van der Waals surface area contributed by atoms with Gasteiger partial charge in [-0.15, -0.1) is 5.10 Å². The first-order valence-corrected chi connectivity index (χ1v) is 36.1. The van der Waals surface area contributed by atoms with Gasteiger partial charge in [-0.3, -0.25) is 25.5 Å². The van der Waals surface area contributed by atoms with Crippen molar-refractivity contribution < 1.29 is 123 Å². The minimum absolute atomic E-state index is 0.0257. The highest BCUT2D eigenvalue weighted by Gasteiger charge is 2.30. The van der Waals surface area contributed by atoms with Gasteiger partial charge >= 0.3 is 49.5 Å². The number of rotatable bonds is 23. The minimum atomic E-state index is -4.71. The summed E-state index contributed by atoms with van der Waals surface area (Å²) in [6.07, 6.45) is 7.87. The smallest absolute Gasteiger partial charge is 0.388 e. The molecule has 0 radical (unpaired) electrons. The molecule has 0 bridgehead atoms. The fourth-order valence-electron chi connectivity index (χ4n) is 6.02. The van der Waals surface area contributed by atoms with E-state index in [-0.39, 0.29) is 55.3 Å². The van der Waals surface area contributed by atoms with Crippen LogP contribution in [0, 0.1) is 6.92 Å². The largest absolute Gasteiger partial charge is 0.778 e. The number of aromatic nitrogens is 8. The zero-order valence-corrected chi connectivity index (χ0v) is 55.9. The summed E-state index contributed by atoms with van der Waals surface area (Å²) >= 11 is 11.8. The van der Waals surface area contributed by atoms with E-state index < -0.39 is 148 Å². The number of urea groups is 2. The zero-order valence-electron chi connectivity index (χ0n) is 49.4. The molecule has 0 saturated carbocycles. The number of carbonyl (C=O) groups is 4. The Labute approximate surface area is 546 Å². The van der Waals surface area contributed by atoms with Gasteiger partial charge in [0, 0.05) is 6.20 Å².